The average molecular weight is 345 g/mol. The Hall–Kier alpha value is -2.02. The van der Waals surface area contributed by atoms with Crippen LogP contribution in [-0.2, 0) is 5.41 Å². The number of nitrogen functional groups attached to an aromatic ring is 1. The summed E-state index contributed by atoms with van der Waals surface area (Å²) in [5.41, 5.74) is 7.15. The molecule has 6 nitrogen and oxygen atoms in total. The first-order valence-corrected chi connectivity index (χ1v) is 9.09. The van der Waals surface area contributed by atoms with Crippen molar-refractivity contribution in [3.8, 4) is 0 Å². The number of hydrogen-bond acceptors (Lipinski definition) is 6. The van der Waals surface area contributed by atoms with Crippen LogP contribution >= 0.6 is 11.3 Å². The highest BCUT2D eigenvalue weighted by Gasteiger charge is 2.33. The van der Waals surface area contributed by atoms with E-state index in [4.69, 9.17) is 10.7 Å². The summed E-state index contributed by atoms with van der Waals surface area (Å²) >= 11 is 1.63. The van der Waals surface area contributed by atoms with Crippen LogP contribution in [0.2, 0.25) is 0 Å². The average Bonchev–Trinajstić information content (AvgIpc) is 3.05. The molecule has 128 valence electrons. The summed E-state index contributed by atoms with van der Waals surface area (Å²) in [5.74, 6) is 0.0270. The maximum Gasteiger partial charge on any atom is 0.276 e. The number of piperidine rings is 1. The third-order valence-corrected chi connectivity index (χ3v) is 5.21. The number of nitrogens with zero attached hydrogens (tertiary/aromatic N) is 4. The molecule has 0 spiro atoms. The molecule has 1 aliphatic rings. The highest BCUT2D eigenvalue weighted by atomic mass is 32.1. The van der Waals surface area contributed by atoms with Gasteiger partial charge in [-0.25, -0.2) is 15.0 Å². The fourth-order valence-electron chi connectivity index (χ4n) is 2.87. The number of likely N-dealkylation sites (tertiary alicyclic amines) is 1. The molecule has 0 unspecified atom stereocenters. The molecular formula is C17H23N5OS. The monoisotopic (exact) mass is 345 g/mol. The van der Waals surface area contributed by atoms with E-state index in [-0.39, 0.29) is 28.9 Å². The number of hydrogen-bond donors (Lipinski definition) is 1. The molecule has 3 heterocycles. The van der Waals surface area contributed by atoms with Crippen LogP contribution in [0.5, 0.6) is 0 Å². The van der Waals surface area contributed by atoms with E-state index in [9.17, 15) is 4.79 Å². The van der Waals surface area contributed by atoms with Crippen LogP contribution in [0.25, 0.3) is 0 Å². The zero-order valence-electron chi connectivity index (χ0n) is 14.3. The predicted molar refractivity (Wildman–Crippen MR) is 94.9 cm³/mol. The Labute approximate surface area is 146 Å². The van der Waals surface area contributed by atoms with Crippen molar-refractivity contribution in [3.05, 3.63) is 34.2 Å². The molecule has 1 atom stereocenters. The summed E-state index contributed by atoms with van der Waals surface area (Å²) in [6.07, 6.45) is 6.00. The minimum Gasteiger partial charge on any atom is -0.382 e. The van der Waals surface area contributed by atoms with E-state index in [1.807, 2.05) is 4.90 Å². The molecule has 1 saturated heterocycles. The molecule has 2 N–H and O–H groups in total. The van der Waals surface area contributed by atoms with E-state index < -0.39 is 0 Å². The molecule has 0 saturated carbocycles. The number of thiazole rings is 1. The van der Waals surface area contributed by atoms with Crippen molar-refractivity contribution in [2.24, 2.45) is 0 Å². The van der Waals surface area contributed by atoms with Crippen LogP contribution < -0.4 is 5.73 Å². The second-order valence-corrected chi connectivity index (χ2v) is 8.01. The second-order valence-electron chi connectivity index (χ2n) is 7.12. The first-order valence-electron chi connectivity index (χ1n) is 8.21. The molecule has 0 aliphatic carbocycles. The first-order chi connectivity index (χ1) is 11.4. The van der Waals surface area contributed by atoms with E-state index in [0.717, 1.165) is 30.0 Å². The maximum absolute atomic E-state index is 12.9. The van der Waals surface area contributed by atoms with Gasteiger partial charge in [0.25, 0.3) is 5.91 Å². The smallest absolute Gasteiger partial charge is 0.276 e. The number of aromatic nitrogens is 3. The molecule has 3 rings (SSSR count). The Morgan fingerprint density at radius 2 is 2.04 bits per heavy atom. The number of amides is 1. The molecule has 1 aliphatic heterocycles. The van der Waals surface area contributed by atoms with Gasteiger partial charge in [-0.1, -0.05) is 20.8 Å². The van der Waals surface area contributed by atoms with E-state index in [0.29, 0.717) is 6.54 Å². The fourth-order valence-corrected chi connectivity index (χ4v) is 4.06. The summed E-state index contributed by atoms with van der Waals surface area (Å²) in [7, 11) is 0. The lowest BCUT2D eigenvalue weighted by atomic mass is 9.93. The summed E-state index contributed by atoms with van der Waals surface area (Å²) in [5, 5.41) is 3.10. The Morgan fingerprint density at radius 1 is 1.29 bits per heavy atom. The van der Waals surface area contributed by atoms with Gasteiger partial charge in [-0.3, -0.25) is 4.79 Å². The van der Waals surface area contributed by atoms with Gasteiger partial charge >= 0.3 is 0 Å². The van der Waals surface area contributed by atoms with Gasteiger partial charge in [0, 0.05) is 29.7 Å². The molecular weight excluding hydrogens is 322 g/mol. The minimum absolute atomic E-state index is 0.00578. The molecule has 0 bridgehead atoms. The number of carbonyl (C=O) groups excluding carboxylic acids is 1. The Kier molecular flexibility index (Phi) is 4.54. The topological polar surface area (TPSA) is 85.0 Å². The zero-order valence-corrected chi connectivity index (χ0v) is 15.1. The molecule has 1 amide bonds. The third-order valence-electron chi connectivity index (χ3n) is 4.27. The van der Waals surface area contributed by atoms with Crippen LogP contribution in [0, 0.1) is 0 Å². The Bertz CT molecular complexity index is 737. The Morgan fingerprint density at radius 3 is 2.71 bits per heavy atom. The molecule has 24 heavy (non-hydrogen) atoms. The lowest BCUT2D eigenvalue weighted by Crippen LogP contribution is -2.39. The highest BCUT2D eigenvalue weighted by molar-refractivity contribution is 7.09. The van der Waals surface area contributed by atoms with Gasteiger partial charge in [-0.2, -0.15) is 0 Å². The largest absolute Gasteiger partial charge is 0.382 e. The Balaban J connectivity index is 1.90. The zero-order chi connectivity index (χ0) is 17.3. The normalized spacial score (nSPS) is 18.6. The maximum atomic E-state index is 12.9. The van der Waals surface area contributed by atoms with Crippen molar-refractivity contribution in [3.63, 3.8) is 0 Å². The number of rotatable bonds is 2. The van der Waals surface area contributed by atoms with Crippen molar-refractivity contribution in [1.29, 1.82) is 0 Å². The van der Waals surface area contributed by atoms with Gasteiger partial charge in [0.1, 0.15) is 5.01 Å². The van der Waals surface area contributed by atoms with Gasteiger partial charge in [0.15, 0.2) is 11.5 Å². The van der Waals surface area contributed by atoms with E-state index in [1.54, 1.807) is 11.3 Å². The lowest BCUT2D eigenvalue weighted by molar-refractivity contribution is 0.0605. The summed E-state index contributed by atoms with van der Waals surface area (Å²) in [4.78, 5) is 27.7. The summed E-state index contributed by atoms with van der Waals surface area (Å²) < 4.78 is 0. The third kappa shape index (κ3) is 3.26. The van der Waals surface area contributed by atoms with Crippen LogP contribution in [0.1, 0.15) is 67.3 Å². The van der Waals surface area contributed by atoms with Crippen LogP contribution in [0.3, 0.4) is 0 Å². The molecule has 2 aromatic rings. The number of nitrogens with two attached hydrogens (primary N) is 1. The van der Waals surface area contributed by atoms with Crippen LogP contribution in [-0.4, -0.2) is 32.3 Å². The van der Waals surface area contributed by atoms with Gasteiger partial charge in [0.2, 0.25) is 0 Å². The van der Waals surface area contributed by atoms with Crippen LogP contribution in [0.4, 0.5) is 5.82 Å². The standard InChI is InChI=1S/C17H23N5OS/c1-17(2,3)12-10-24-15(21-12)11-6-4-5-9-22(11)16(23)13-14(18)20-8-7-19-13/h7-8,10-11H,4-6,9H2,1-3H3,(H2,18,20)/t11-/m1/s1. The first kappa shape index (κ1) is 16.8. The van der Waals surface area contributed by atoms with Gasteiger partial charge < -0.3 is 10.6 Å². The SMILES string of the molecule is CC(C)(C)c1csc([C@H]2CCCCN2C(=O)c2nccnc2N)n1. The second kappa shape index (κ2) is 6.47. The molecule has 2 aromatic heterocycles. The van der Waals surface area contributed by atoms with Crippen molar-refractivity contribution in [2.45, 2.75) is 51.5 Å². The quantitative estimate of drug-likeness (QED) is 0.903. The molecule has 7 heteroatoms. The molecule has 0 aromatic carbocycles. The summed E-state index contributed by atoms with van der Waals surface area (Å²) in [6, 6.07) is -0.00578. The van der Waals surface area contributed by atoms with Gasteiger partial charge in [0.05, 0.1) is 11.7 Å². The molecule has 1 fully saturated rings. The van der Waals surface area contributed by atoms with Crippen molar-refractivity contribution in [1.82, 2.24) is 19.9 Å². The number of anilines is 1. The summed E-state index contributed by atoms with van der Waals surface area (Å²) in [6.45, 7) is 7.14. The lowest BCUT2D eigenvalue weighted by Gasteiger charge is -2.34. The van der Waals surface area contributed by atoms with E-state index >= 15 is 0 Å². The van der Waals surface area contributed by atoms with Gasteiger partial charge in [-0.15, -0.1) is 11.3 Å². The van der Waals surface area contributed by atoms with Crippen molar-refractivity contribution in [2.75, 3.05) is 12.3 Å². The van der Waals surface area contributed by atoms with Crippen molar-refractivity contribution >= 4 is 23.1 Å². The van der Waals surface area contributed by atoms with E-state index in [2.05, 4.69) is 36.1 Å². The number of carbonyl (C=O) groups is 1. The predicted octanol–water partition coefficient (Wildman–Crippen LogP) is 3.18. The molecule has 0 radical (unpaired) electrons. The minimum atomic E-state index is -0.155. The van der Waals surface area contributed by atoms with Crippen molar-refractivity contribution < 1.29 is 4.79 Å². The van der Waals surface area contributed by atoms with Gasteiger partial charge in [-0.05, 0) is 19.3 Å². The van der Waals surface area contributed by atoms with E-state index in [1.165, 1.54) is 12.4 Å². The fraction of sp³-hybridized carbons (Fsp3) is 0.529. The highest BCUT2D eigenvalue weighted by Crippen LogP contribution is 2.35. The van der Waals surface area contributed by atoms with Crippen LogP contribution in [0.15, 0.2) is 17.8 Å².